The van der Waals surface area contributed by atoms with E-state index >= 15 is 0 Å². The van der Waals surface area contributed by atoms with Crippen molar-refractivity contribution < 1.29 is 9.90 Å². The van der Waals surface area contributed by atoms with Crippen molar-refractivity contribution in [2.24, 2.45) is 4.99 Å². The molecular formula is C10H17N3O2. The molecule has 2 rings (SSSR count). The number of rotatable bonds is 3. The van der Waals surface area contributed by atoms with Gasteiger partial charge in [0.1, 0.15) is 6.04 Å². The second kappa shape index (κ2) is 4.61. The highest BCUT2D eigenvalue weighted by molar-refractivity contribution is 5.90. The Morgan fingerprint density at radius 2 is 2.40 bits per heavy atom. The van der Waals surface area contributed by atoms with Crippen LogP contribution in [-0.4, -0.2) is 42.1 Å². The van der Waals surface area contributed by atoms with Gasteiger partial charge in [-0.15, -0.1) is 0 Å². The first-order valence-corrected chi connectivity index (χ1v) is 5.52. The minimum Gasteiger partial charge on any atom is -0.480 e. The highest BCUT2D eigenvalue weighted by Crippen LogP contribution is 2.12. The quantitative estimate of drug-likeness (QED) is 0.613. The molecule has 0 aromatic rings. The maximum atomic E-state index is 10.7. The van der Waals surface area contributed by atoms with Crippen LogP contribution in [0.4, 0.5) is 0 Å². The van der Waals surface area contributed by atoms with Crippen LogP contribution in [0, 0.1) is 0 Å². The van der Waals surface area contributed by atoms with Gasteiger partial charge in [-0.25, -0.2) is 4.79 Å². The normalized spacial score (nSPS) is 30.8. The van der Waals surface area contributed by atoms with E-state index in [0.29, 0.717) is 12.6 Å². The summed E-state index contributed by atoms with van der Waals surface area (Å²) in [7, 11) is 0. The number of carboxylic acid groups (broad SMARTS) is 1. The van der Waals surface area contributed by atoms with Crippen LogP contribution in [-0.2, 0) is 4.79 Å². The Morgan fingerprint density at radius 1 is 1.53 bits per heavy atom. The zero-order valence-corrected chi connectivity index (χ0v) is 8.70. The lowest BCUT2D eigenvalue weighted by Crippen LogP contribution is -2.41. The summed E-state index contributed by atoms with van der Waals surface area (Å²) in [5.41, 5.74) is 0. The molecule has 2 aliphatic heterocycles. The smallest absolute Gasteiger partial charge is 0.328 e. The van der Waals surface area contributed by atoms with Crippen LogP contribution in [0.15, 0.2) is 4.99 Å². The lowest BCUT2D eigenvalue weighted by atomic mass is 10.0. The number of hydrogen-bond acceptors (Lipinski definition) is 4. The van der Waals surface area contributed by atoms with Crippen LogP contribution in [0.3, 0.4) is 0 Å². The number of piperidine rings is 1. The van der Waals surface area contributed by atoms with E-state index in [1.54, 1.807) is 0 Å². The summed E-state index contributed by atoms with van der Waals surface area (Å²) in [6.45, 7) is 1.44. The van der Waals surface area contributed by atoms with E-state index in [0.717, 1.165) is 18.8 Å². The Labute approximate surface area is 89.0 Å². The van der Waals surface area contributed by atoms with Crippen LogP contribution >= 0.6 is 0 Å². The molecule has 0 aliphatic carbocycles. The molecule has 0 aromatic heterocycles. The third kappa shape index (κ3) is 2.68. The first-order valence-electron chi connectivity index (χ1n) is 5.52. The average Bonchev–Trinajstić information content (AvgIpc) is 2.68. The predicted octanol–water partition coefficient (Wildman–Crippen LogP) is -0.0265. The van der Waals surface area contributed by atoms with Gasteiger partial charge in [0.25, 0.3) is 0 Å². The van der Waals surface area contributed by atoms with Crippen molar-refractivity contribution in [2.75, 3.05) is 13.1 Å². The van der Waals surface area contributed by atoms with Crippen LogP contribution in [0.2, 0.25) is 0 Å². The van der Waals surface area contributed by atoms with E-state index in [1.165, 1.54) is 19.3 Å². The number of carbonyl (C=O) groups is 1. The number of nitrogens with zero attached hydrogens (tertiary/aromatic N) is 1. The molecule has 0 spiro atoms. The summed E-state index contributed by atoms with van der Waals surface area (Å²) >= 11 is 0. The van der Waals surface area contributed by atoms with Gasteiger partial charge < -0.3 is 15.7 Å². The molecule has 15 heavy (non-hydrogen) atoms. The van der Waals surface area contributed by atoms with Crippen molar-refractivity contribution in [3.63, 3.8) is 0 Å². The van der Waals surface area contributed by atoms with E-state index < -0.39 is 12.0 Å². The van der Waals surface area contributed by atoms with Gasteiger partial charge in [-0.1, -0.05) is 6.42 Å². The van der Waals surface area contributed by atoms with Crippen LogP contribution in [0.1, 0.15) is 25.7 Å². The van der Waals surface area contributed by atoms with Crippen molar-refractivity contribution in [1.82, 2.24) is 10.6 Å². The molecule has 2 heterocycles. The topological polar surface area (TPSA) is 73.7 Å². The van der Waals surface area contributed by atoms with Crippen LogP contribution in [0.25, 0.3) is 0 Å². The first kappa shape index (κ1) is 10.4. The highest BCUT2D eigenvalue weighted by Gasteiger charge is 2.25. The molecule has 0 radical (unpaired) electrons. The maximum Gasteiger partial charge on any atom is 0.328 e. The van der Waals surface area contributed by atoms with Crippen LogP contribution in [0.5, 0.6) is 0 Å². The van der Waals surface area contributed by atoms with Crippen molar-refractivity contribution >= 4 is 11.8 Å². The molecule has 3 N–H and O–H groups in total. The van der Waals surface area contributed by atoms with Gasteiger partial charge in [-0.2, -0.15) is 0 Å². The molecule has 0 amide bonds. The number of amidine groups is 1. The number of nitrogens with one attached hydrogen (secondary N) is 2. The van der Waals surface area contributed by atoms with Crippen LogP contribution < -0.4 is 10.6 Å². The van der Waals surface area contributed by atoms with E-state index in [4.69, 9.17) is 5.11 Å². The molecule has 5 nitrogen and oxygen atoms in total. The molecule has 1 saturated heterocycles. The second-order valence-electron chi connectivity index (χ2n) is 4.17. The van der Waals surface area contributed by atoms with Crippen molar-refractivity contribution in [1.29, 1.82) is 0 Å². The summed E-state index contributed by atoms with van der Waals surface area (Å²) < 4.78 is 0. The number of aliphatic imine (C=N–C) groups is 1. The summed E-state index contributed by atoms with van der Waals surface area (Å²) in [5.74, 6) is 0.0344. The van der Waals surface area contributed by atoms with E-state index in [2.05, 4.69) is 15.6 Å². The lowest BCUT2D eigenvalue weighted by Gasteiger charge is -2.23. The van der Waals surface area contributed by atoms with Gasteiger partial charge in [0.05, 0.1) is 12.4 Å². The fourth-order valence-corrected chi connectivity index (χ4v) is 2.09. The van der Waals surface area contributed by atoms with E-state index in [1.807, 2.05) is 0 Å². The van der Waals surface area contributed by atoms with E-state index in [9.17, 15) is 4.79 Å². The molecule has 2 unspecified atom stereocenters. The molecule has 1 fully saturated rings. The monoisotopic (exact) mass is 211 g/mol. The van der Waals surface area contributed by atoms with E-state index in [-0.39, 0.29) is 0 Å². The summed E-state index contributed by atoms with van der Waals surface area (Å²) in [4.78, 5) is 14.9. The lowest BCUT2D eigenvalue weighted by molar-refractivity contribution is -0.138. The Kier molecular flexibility index (Phi) is 3.20. The zero-order valence-electron chi connectivity index (χ0n) is 8.70. The Balaban J connectivity index is 1.78. The van der Waals surface area contributed by atoms with Crippen molar-refractivity contribution in [3.05, 3.63) is 0 Å². The van der Waals surface area contributed by atoms with Crippen molar-refractivity contribution in [2.45, 2.75) is 37.8 Å². The van der Waals surface area contributed by atoms with Crippen molar-refractivity contribution in [3.8, 4) is 0 Å². The molecule has 0 saturated carbocycles. The van der Waals surface area contributed by atoms with Gasteiger partial charge >= 0.3 is 5.97 Å². The molecule has 2 atom stereocenters. The average molecular weight is 211 g/mol. The fourth-order valence-electron chi connectivity index (χ4n) is 2.09. The number of hydrogen-bond donors (Lipinski definition) is 3. The van der Waals surface area contributed by atoms with Gasteiger partial charge in [-0.05, 0) is 19.4 Å². The standard InChI is InChI=1S/C10H17N3O2/c14-10(15)8-6-12-9(13-8)5-7-3-1-2-4-11-7/h7-8,11H,1-6H2,(H,12,13)(H,14,15). The molecule has 2 aliphatic rings. The summed E-state index contributed by atoms with van der Waals surface area (Å²) in [6, 6.07) is -0.0406. The maximum absolute atomic E-state index is 10.7. The molecule has 0 aromatic carbocycles. The predicted molar refractivity (Wildman–Crippen MR) is 57.1 cm³/mol. The number of carboxylic acids is 1. The zero-order chi connectivity index (χ0) is 10.7. The minimum atomic E-state index is -0.814. The molecule has 84 valence electrons. The van der Waals surface area contributed by atoms with Gasteiger partial charge in [0.2, 0.25) is 0 Å². The Hall–Kier alpha value is -1.10. The molecule has 5 heteroatoms. The van der Waals surface area contributed by atoms with Gasteiger partial charge in [-0.3, -0.25) is 4.99 Å². The summed E-state index contributed by atoms with van der Waals surface area (Å²) in [6.07, 6.45) is 4.50. The number of aliphatic carboxylic acids is 1. The minimum absolute atomic E-state index is 0.372. The third-order valence-electron chi connectivity index (χ3n) is 2.96. The van der Waals surface area contributed by atoms with Gasteiger partial charge in [0.15, 0.2) is 0 Å². The highest BCUT2D eigenvalue weighted by atomic mass is 16.4. The summed E-state index contributed by atoms with van der Waals surface area (Å²) in [5, 5.41) is 15.2. The molecule has 0 bridgehead atoms. The largest absolute Gasteiger partial charge is 0.480 e. The third-order valence-corrected chi connectivity index (χ3v) is 2.96. The molecular weight excluding hydrogens is 194 g/mol. The Bertz CT molecular complexity index is 272. The Morgan fingerprint density at radius 3 is 3.00 bits per heavy atom. The fraction of sp³-hybridized carbons (Fsp3) is 0.800. The second-order valence-corrected chi connectivity index (χ2v) is 4.17. The SMILES string of the molecule is O=C(O)C1CN=C(CC2CCCCN2)N1. The first-order chi connectivity index (χ1) is 7.25. The van der Waals surface area contributed by atoms with Gasteiger partial charge in [0, 0.05) is 12.5 Å².